The molecule has 4 rings (SSSR count). The van der Waals surface area contributed by atoms with Crippen LogP contribution in [0.15, 0.2) is 66.9 Å². The van der Waals surface area contributed by atoms with Gasteiger partial charge >= 0.3 is 0 Å². The molecule has 0 radical (unpaired) electrons. The van der Waals surface area contributed by atoms with Crippen molar-refractivity contribution < 1.29 is 4.39 Å². The molecule has 1 N–H and O–H groups in total. The summed E-state index contributed by atoms with van der Waals surface area (Å²) in [7, 11) is 0. The Hall–Kier alpha value is -2.37. The molecule has 132 valence electrons. The van der Waals surface area contributed by atoms with Crippen LogP contribution >= 0.6 is 23.8 Å². The molecular formula is C20H17ClFN3S. The van der Waals surface area contributed by atoms with Gasteiger partial charge in [-0.2, -0.15) is 0 Å². The average molecular weight is 386 g/mol. The normalized spacial score (nSPS) is 16.2. The molecule has 2 aromatic carbocycles. The van der Waals surface area contributed by atoms with Crippen LogP contribution in [0.4, 0.5) is 10.1 Å². The predicted octanol–water partition coefficient (Wildman–Crippen LogP) is 5.08. The van der Waals surface area contributed by atoms with Gasteiger partial charge in [0.05, 0.1) is 6.04 Å². The Labute approximate surface area is 162 Å². The minimum atomic E-state index is -0.279. The predicted molar refractivity (Wildman–Crippen MR) is 107 cm³/mol. The maximum Gasteiger partial charge on any atom is 0.174 e. The first-order valence-corrected chi connectivity index (χ1v) is 9.15. The third kappa shape index (κ3) is 3.20. The minimum absolute atomic E-state index is 0.234. The molecule has 26 heavy (non-hydrogen) atoms. The van der Waals surface area contributed by atoms with E-state index in [-0.39, 0.29) is 11.9 Å². The molecule has 1 atom stereocenters. The summed E-state index contributed by atoms with van der Waals surface area (Å²) in [5.41, 5.74) is 2.45. The van der Waals surface area contributed by atoms with Gasteiger partial charge in [-0.1, -0.05) is 35.9 Å². The van der Waals surface area contributed by atoms with E-state index in [9.17, 15) is 4.39 Å². The van der Waals surface area contributed by atoms with Crippen LogP contribution in [0.25, 0.3) is 0 Å². The van der Waals surface area contributed by atoms with Crippen LogP contribution in [0, 0.1) is 5.82 Å². The number of hydrogen-bond donors (Lipinski definition) is 1. The van der Waals surface area contributed by atoms with Crippen LogP contribution in [-0.4, -0.2) is 21.1 Å². The van der Waals surface area contributed by atoms with Crippen LogP contribution in [0.1, 0.15) is 17.3 Å². The summed E-state index contributed by atoms with van der Waals surface area (Å²) < 4.78 is 16.7. The highest BCUT2D eigenvalue weighted by atomic mass is 35.5. The maximum absolute atomic E-state index is 14.6. The van der Waals surface area contributed by atoms with E-state index in [0.717, 1.165) is 17.9 Å². The average Bonchev–Trinajstić information content (AvgIpc) is 3.10. The van der Waals surface area contributed by atoms with Crippen LogP contribution in [0.3, 0.4) is 0 Å². The van der Waals surface area contributed by atoms with Crippen molar-refractivity contribution in [1.29, 1.82) is 0 Å². The number of benzene rings is 2. The number of fused-ring (bicyclic) bond motifs is 1. The van der Waals surface area contributed by atoms with Crippen molar-refractivity contribution in [3.05, 3.63) is 89.0 Å². The number of nitrogens with one attached hydrogen (secondary N) is 1. The Bertz CT molecular complexity index is 955. The van der Waals surface area contributed by atoms with E-state index in [4.69, 9.17) is 23.8 Å². The van der Waals surface area contributed by atoms with E-state index >= 15 is 0 Å². The molecule has 1 aliphatic rings. The fraction of sp³-hybridized carbons (Fsp3) is 0.150. The van der Waals surface area contributed by atoms with E-state index < -0.39 is 0 Å². The van der Waals surface area contributed by atoms with E-state index in [1.165, 1.54) is 6.07 Å². The number of aromatic nitrogens is 1. The first kappa shape index (κ1) is 17.1. The van der Waals surface area contributed by atoms with Crippen molar-refractivity contribution in [2.75, 3.05) is 11.9 Å². The summed E-state index contributed by atoms with van der Waals surface area (Å²) in [5.74, 6) is -0.234. The van der Waals surface area contributed by atoms with Crippen LogP contribution in [-0.2, 0) is 6.54 Å². The fourth-order valence-electron chi connectivity index (χ4n) is 3.39. The lowest BCUT2D eigenvalue weighted by Gasteiger charge is -2.39. The molecule has 0 spiro atoms. The van der Waals surface area contributed by atoms with Gasteiger partial charge in [0.25, 0.3) is 0 Å². The Morgan fingerprint density at radius 2 is 1.92 bits per heavy atom. The van der Waals surface area contributed by atoms with Gasteiger partial charge in [0.15, 0.2) is 5.11 Å². The summed E-state index contributed by atoms with van der Waals surface area (Å²) in [5, 5.41) is 4.42. The Morgan fingerprint density at radius 1 is 1.08 bits per heavy atom. The zero-order valence-corrected chi connectivity index (χ0v) is 15.5. The van der Waals surface area contributed by atoms with Crippen molar-refractivity contribution in [1.82, 2.24) is 9.47 Å². The summed E-state index contributed by atoms with van der Waals surface area (Å²) in [6.07, 6.45) is 2.02. The smallest absolute Gasteiger partial charge is 0.174 e. The van der Waals surface area contributed by atoms with E-state index in [0.29, 0.717) is 22.2 Å². The highest BCUT2D eigenvalue weighted by molar-refractivity contribution is 7.80. The second-order valence-electron chi connectivity index (χ2n) is 6.18. The van der Waals surface area contributed by atoms with Gasteiger partial charge in [-0.25, -0.2) is 4.39 Å². The number of rotatable bonds is 2. The second kappa shape index (κ2) is 7.09. The number of nitrogens with zero attached hydrogens (tertiary/aromatic N) is 2. The van der Waals surface area contributed by atoms with E-state index in [1.807, 2.05) is 59.6 Å². The summed E-state index contributed by atoms with van der Waals surface area (Å²) in [4.78, 5) is 2.03. The van der Waals surface area contributed by atoms with E-state index in [1.54, 1.807) is 6.07 Å². The molecule has 3 nitrogen and oxygen atoms in total. The van der Waals surface area contributed by atoms with Gasteiger partial charge in [0.1, 0.15) is 5.82 Å². The van der Waals surface area contributed by atoms with Gasteiger partial charge in [-0.05, 0) is 48.6 Å². The molecule has 0 unspecified atom stereocenters. The zero-order chi connectivity index (χ0) is 18.1. The molecule has 0 aliphatic carbocycles. The van der Waals surface area contributed by atoms with Crippen molar-refractivity contribution in [2.45, 2.75) is 12.6 Å². The maximum atomic E-state index is 14.6. The van der Waals surface area contributed by atoms with Crippen LogP contribution < -0.4 is 5.32 Å². The van der Waals surface area contributed by atoms with Crippen LogP contribution in [0.5, 0.6) is 0 Å². The fourth-order valence-corrected chi connectivity index (χ4v) is 3.89. The highest BCUT2D eigenvalue weighted by Crippen LogP contribution is 2.34. The molecule has 0 bridgehead atoms. The van der Waals surface area contributed by atoms with Crippen LogP contribution in [0.2, 0.25) is 5.02 Å². The summed E-state index contributed by atoms with van der Waals surface area (Å²) >= 11 is 11.7. The second-order valence-corrected chi connectivity index (χ2v) is 7.01. The third-order valence-electron chi connectivity index (χ3n) is 4.57. The Morgan fingerprint density at radius 3 is 2.73 bits per heavy atom. The molecule has 0 saturated heterocycles. The molecule has 0 amide bonds. The Kier molecular flexibility index (Phi) is 4.66. The molecule has 6 heteroatoms. The minimum Gasteiger partial charge on any atom is -0.348 e. The highest BCUT2D eigenvalue weighted by Gasteiger charge is 2.32. The number of thiocarbonyl (C=S) groups is 1. The molecular weight excluding hydrogens is 369 g/mol. The SMILES string of the molecule is Fc1ccccc1[C@H]1c2cccn2CCN1C(=S)Nc1cccc(Cl)c1. The lowest BCUT2D eigenvalue weighted by molar-refractivity contribution is 0.288. The number of halogens is 2. The molecule has 2 heterocycles. The van der Waals surface area contributed by atoms with Gasteiger partial charge in [0, 0.05) is 41.3 Å². The first-order chi connectivity index (χ1) is 12.6. The monoisotopic (exact) mass is 385 g/mol. The van der Waals surface area contributed by atoms with Crippen molar-refractivity contribution in [3.63, 3.8) is 0 Å². The molecule has 0 saturated carbocycles. The first-order valence-electron chi connectivity index (χ1n) is 8.36. The van der Waals surface area contributed by atoms with E-state index in [2.05, 4.69) is 9.88 Å². The molecule has 1 aromatic heterocycles. The van der Waals surface area contributed by atoms with Gasteiger partial charge in [-0.3, -0.25) is 0 Å². The summed E-state index contributed by atoms with van der Waals surface area (Å²) in [6.45, 7) is 1.48. The zero-order valence-electron chi connectivity index (χ0n) is 13.9. The quantitative estimate of drug-likeness (QED) is 0.621. The number of anilines is 1. The van der Waals surface area contributed by atoms with Gasteiger partial charge in [0.2, 0.25) is 0 Å². The number of hydrogen-bond acceptors (Lipinski definition) is 1. The van der Waals surface area contributed by atoms with Crippen molar-refractivity contribution >= 4 is 34.6 Å². The van der Waals surface area contributed by atoms with Crippen molar-refractivity contribution in [2.24, 2.45) is 0 Å². The summed E-state index contributed by atoms with van der Waals surface area (Å²) in [6, 6.07) is 18.0. The largest absolute Gasteiger partial charge is 0.348 e. The topological polar surface area (TPSA) is 20.2 Å². The lowest BCUT2D eigenvalue weighted by atomic mass is 10.00. The molecule has 3 aromatic rings. The standard InChI is InChI=1S/C20H17ClFN3S/c21-14-5-3-6-15(13-14)23-20(26)25-12-11-24-10-4-9-18(24)19(25)16-7-1-2-8-17(16)22/h1-10,13,19H,11-12H2,(H,23,26)/t19-/m0/s1. The molecule has 0 fully saturated rings. The van der Waals surface area contributed by atoms with Crippen molar-refractivity contribution in [3.8, 4) is 0 Å². The molecule has 1 aliphatic heterocycles. The Balaban J connectivity index is 1.70. The third-order valence-corrected chi connectivity index (χ3v) is 5.15. The van der Waals surface area contributed by atoms with Gasteiger partial charge in [-0.15, -0.1) is 0 Å². The lowest BCUT2D eigenvalue weighted by Crippen LogP contribution is -2.44. The van der Waals surface area contributed by atoms with Gasteiger partial charge < -0.3 is 14.8 Å².